The van der Waals surface area contributed by atoms with Crippen molar-refractivity contribution >= 4 is 11.8 Å². The molecule has 0 radical (unpaired) electrons. The van der Waals surface area contributed by atoms with E-state index in [2.05, 4.69) is 6.07 Å². The fourth-order valence-corrected chi connectivity index (χ4v) is 2.19. The summed E-state index contributed by atoms with van der Waals surface area (Å²) in [5.41, 5.74) is 0. The van der Waals surface area contributed by atoms with Crippen LogP contribution in [-0.4, -0.2) is 22.7 Å². The van der Waals surface area contributed by atoms with Gasteiger partial charge in [0.1, 0.15) is 0 Å². The highest BCUT2D eigenvalue weighted by Gasteiger charge is 2.24. The summed E-state index contributed by atoms with van der Waals surface area (Å²) in [6.45, 7) is 0. The van der Waals surface area contributed by atoms with Crippen LogP contribution in [0, 0.1) is 17.2 Å². The van der Waals surface area contributed by atoms with Gasteiger partial charge in [-0.25, -0.2) is 0 Å². The average molecular weight is 143 g/mol. The van der Waals surface area contributed by atoms with E-state index in [4.69, 9.17) is 10.4 Å². The lowest BCUT2D eigenvalue weighted by Gasteiger charge is -2.06. The number of hydrogen-bond donors (Lipinski definition) is 1. The first-order valence-corrected chi connectivity index (χ1v) is 4.13. The smallest absolute Gasteiger partial charge is 0.0676 e. The Labute approximate surface area is 58.9 Å². The van der Waals surface area contributed by atoms with Gasteiger partial charge in [-0.3, -0.25) is 0 Å². The van der Waals surface area contributed by atoms with Crippen LogP contribution in [0.2, 0.25) is 0 Å². The molecule has 0 bridgehead atoms. The van der Waals surface area contributed by atoms with Crippen LogP contribution in [0.1, 0.15) is 6.42 Å². The van der Waals surface area contributed by atoms with Gasteiger partial charge in [-0.1, -0.05) is 0 Å². The van der Waals surface area contributed by atoms with Gasteiger partial charge in [-0.2, -0.15) is 17.0 Å². The molecule has 1 N–H and O–H groups in total. The quantitative estimate of drug-likeness (QED) is 0.585. The maximum absolute atomic E-state index is 9.15. The van der Waals surface area contributed by atoms with Gasteiger partial charge in [-0.15, -0.1) is 0 Å². The lowest BCUT2D eigenvalue weighted by atomic mass is 10.0. The molecular weight excluding hydrogens is 134 g/mol. The molecule has 0 spiro atoms. The predicted octanol–water partition coefficient (Wildman–Crippen LogP) is 0.624. The molecule has 1 heterocycles. The summed E-state index contributed by atoms with van der Waals surface area (Å²) in [5, 5.41) is 17.4. The fourth-order valence-electron chi connectivity index (χ4n) is 0.900. The minimum Gasteiger partial charge on any atom is -0.392 e. The number of aliphatic hydroxyl groups excluding tert-OH is 1. The predicted molar refractivity (Wildman–Crippen MR) is 37.1 cm³/mol. The Hall–Kier alpha value is -0.200. The van der Waals surface area contributed by atoms with Crippen molar-refractivity contribution in [1.29, 1.82) is 5.26 Å². The summed E-state index contributed by atoms with van der Waals surface area (Å²) in [7, 11) is 0. The van der Waals surface area contributed by atoms with Gasteiger partial charge < -0.3 is 5.11 Å². The number of nitrogens with zero attached hydrogens (tertiary/aromatic N) is 1. The molecule has 1 rings (SSSR count). The molecule has 1 saturated heterocycles. The molecule has 9 heavy (non-hydrogen) atoms. The summed E-state index contributed by atoms with van der Waals surface area (Å²) in [5.74, 6) is 2.00. The number of rotatable bonds is 1. The molecule has 0 aromatic rings. The first kappa shape index (κ1) is 6.91. The maximum atomic E-state index is 9.15. The highest BCUT2D eigenvalue weighted by Crippen LogP contribution is 2.25. The highest BCUT2D eigenvalue weighted by atomic mass is 32.2. The maximum Gasteiger partial charge on any atom is 0.0676 e. The van der Waals surface area contributed by atoms with Gasteiger partial charge in [0.25, 0.3) is 0 Å². The van der Waals surface area contributed by atoms with Gasteiger partial charge in [0.15, 0.2) is 0 Å². The van der Waals surface area contributed by atoms with Gasteiger partial charge >= 0.3 is 0 Å². The van der Waals surface area contributed by atoms with Gasteiger partial charge in [0.2, 0.25) is 0 Å². The summed E-state index contributed by atoms with van der Waals surface area (Å²) < 4.78 is 0. The zero-order valence-corrected chi connectivity index (χ0v) is 5.90. The van der Waals surface area contributed by atoms with E-state index in [-0.39, 0.29) is 12.0 Å². The van der Waals surface area contributed by atoms with E-state index >= 15 is 0 Å². The van der Waals surface area contributed by atoms with Gasteiger partial charge in [0, 0.05) is 18.1 Å². The Morgan fingerprint density at radius 2 is 2.44 bits per heavy atom. The number of hydrogen-bond acceptors (Lipinski definition) is 3. The number of nitriles is 1. The molecular formula is C6H9NOS. The average Bonchev–Trinajstić information content (AvgIpc) is 2.18. The van der Waals surface area contributed by atoms with E-state index in [1.54, 1.807) is 11.8 Å². The highest BCUT2D eigenvalue weighted by molar-refractivity contribution is 7.99. The molecule has 1 aliphatic rings. The molecule has 0 aliphatic carbocycles. The van der Waals surface area contributed by atoms with Gasteiger partial charge in [-0.05, 0) is 5.75 Å². The first-order valence-electron chi connectivity index (χ1n) is 2.97. The first-order chi connectivity index (χ1) is 4.34. The second kappa shape index (κ2) is 3.09. The molecule has 0 unspecified atom stereocenters. The number of thioether (sulfide) groups is 1. The molecule has 0 saturated carbocycles. The second-order valence-corrected chi connectivity index (χ2v) is 3.30. The van der Waals surface area contributed by atoms with Crippen molar-refractivity contribution in [1.82, 2.24) is 0 Å². The summed E-state index contributed by atoms with van der Waals surface area (Å²) in [6, 6.07) is 2.07. The van der Waals surface area contributed by atoms with Crippen LogP contribution in [-0.2, 0) is 0 Å². The Bertz CT molecular complexity index is 132. The van der Waals surface area contributed by atoms with Crippen molar-refractivity contribution in [2.24, 2.45) is 5.92 Å². The summed E-state index contributed by atoms with van der Waals surface area (Å²) in [4.78, 5) is 0. The second-order valence-electron chi connectivity index (χ2n) is 2.23. The molecule has 50 valence electrons. The lowest BCUT2D eigenvalue weighted by Crippen LogP contribution is -2.16. The van der Waals surface area contributed by atoms with Crippen LogP contribution in [0.3, 0.4) is 0 Å². The monoisotopic (exact) mass is 143 g/mol. The van der Waals surface area contributed by atoms with E-state index in [0.29, 0.717) is 6.42 Å². The molecule has 0 aromatic heterocycles. The summed E-state index contributed by atoms with van der Waals surface area (Å²) in [6.07, 6.45) is 0.281. The van der Waals surface area contributed by atoms with Crippen LogP contribution in [0.15, 0.2) is 0 Å². The van der Waals surface area contributed by atoms with E-state index in [0.717, 1.165) is 11.5 Å². The van der Waals surface area contributed by atoms with Gasteiger partial charge in [0.05, 0.1) is 12.2 Å². The molecule has 0 amide bonds. The van der Waals surface area contributed by atoms with E-state index in [1.165, 1.54) is 0 Å². The largest absolute Gasteiger partial charge is 0.392 e. The molecule has 0 aromatic carbocycles. The van der Waals surface area contributed by atoms with Crippen LogP contribution in [0.25, 0.3) is 0 Å². The Morgan fingerprint density at radius 1 is 1.67 bits per heavy atom. The molecule has 2 atom stereocenters. The molecule has 3 heteroatoms. The van der Waals surface area contributed by atoms with Crippen molar-refractivity contribution in [2.45, 2.75) is 12.5 Å². The van der Waals surface area contributed by atoms with Crippen LogP contribution in [0.5, 0.6) is 0 Å². The van der Waals surface area contributed by atoms with Crippen molar-refractivity contribution in [3.63, 3.8) is 0 Å². The zero-order valence-electron chi connectivity index (χ0n) is 5.08. The zero-order chi connectivity index (χ0) is 6.69. The third-order valence-electron chi connectivity index (χ3n) is 1.52. The van der Waals surface area contributed by atoms with Crippen molar-refractivity contribution < 1.29 is 5.11 Å². The topological polar surface area (TPSA) is 44.0 Å². The summed E-state index contributed by atoms with van der Waals surface area (Å²) >= 11 is 1.73. The van der Waals surface area contributed by atoms with Crippen LogP contribution >= 0.6 is 11.8 Å². The minimum atomic E-state index is -0.227. The SMILES string of the molecule is N#CC[C@H]1CSC[C@@H]1O. The standard InChI is InChI=1S/C6H9NOS/c7-2-1-5-3-9-4-6(5)8/h5-6,8H,1,3-4H2/t5-,6-/m0/s1. The van der Waals surface area contributed by atoms with Crippen molar-refractivity contribution in [2.75, 3.05) is 11.5 Å². The normalized spacial score (nSPS) is 34.2. The van der Waals surface area contributed by atoms with Crippen molar-refractivity contribution in [3.05, 3.63) is 0 Å². The minimum absolute atomic E-state index is 0.227. The van der Waals surface area contributed by atoms with Crippen LogP contribution in [0.4, 0.5) is 0 Å². The van der Waals surface area contributed by atoms with E-state index < -0.39 is 0 Å². The third kappa shape index (κ3) is 1.60. The molecule has 1 aliphatic heterocycles. The fraction of sp³-hybridized carbons (Fsp3) is 0.833. The third-order valence-corrected chi connectivity index (χ3v) is 2.76. The van der Waals surface area contributed by atoms with Crippen molar-refractivity contribution in [3.8, 4) is 6.07 Å². The Morgan fingerprint density at radius 3 is 2.89 bits per heavy atom. The lowest BCUT2D eigenvalue weighted by molar-refractivity contribution is 0.152. The molecule has 1 fully saturated rings. The Kier molecular flexibility index (Phi) is 2.38. The van der Waals surface area contributed by atoms with Crippen LogP contribution < -0.4 is 0 Å². The molecule has 2 nitrogen and oxygen atoms in total. The number of aliphatic hydroxyl groups is 1. The van der Waals surface area contributed by atoms with E-state index in [9.17, 15) is 0 Å². The van der Waals surface area contributed by atoms with E-state index in [1.807, 2.05) is 0 Å². The Balaban J connectivity index is 2.33.